The number of para-hydroxylation sites is 1. The Labute approximate surface area is 155 Å². The van der Waals surface area contributed by atoms with Crippen molar-refractivity contribution in [2.75, 3.05) is 13.1 Å². The number of hydrogen-bond donors (Lipinski definition) is 2. The van der Waals surface area contributed by atoms with Crippen LogP contribution in [0.5, 0.6) is 5.75 Å². The van der Waals surface area contributed by atoms with Crippen LogP contribution in [0.2, 0.25) is 0 Å². The van der Waals surface area contributed by atoms with Crippen LogP contribution >= 0.6 is 0 Å². The number of benzene rings is 2. The van der Waals surface area contributed by atoms with E-state index in [0.29, 0.717) is 6.54 Å². The van der Waals surface area contributed by atoms with E-state index in [4.69, 9.17) is 4.74 Å². The molecule has 1 aliphatic rings. The fraction of sp³-hybridized carbons (Fsp3) is 0.350. The van der Waals surface area contributed by atoms with E-state index in [1.54, 1.807) is 12.1 Å². The smallest absolute Gasteiger partial charge is 0.419 e. The van der Waals surface area contributed by atoms with Gasteiger partial charge in [-0.3, -0.25) is 4.79 Å². The van der Waals surface area contributed by atoms with E-state index >= 15 is 0 Å². The van der Waals surface area contributed by atoms with Crippen LogP contribution in [0.25, 0.3) is 0 Å². The van der Waals surface area contributed by atoms with E-state index in [1.807, 2.05) is 12.1 Å². The fourth-order valence-corrected chi connectivity index (χ4v) is 3.37. The Morgan fingerprint density at radius 3 is 2.52 bits per heavy atom. The highest BCUT2D eigenvalue weighted by molar-refractivity contribution is 5.72. The van der Waals surface area contributed by atoms with Crippen molar-refractivity contribution < 1.29 is 27.8 Å². The average molecular weight is 379 g/mol. The number of carbonyl (C=O) groups is 1. The zero-order chi connectivity index (χ0) is 19.4. The first-order valence-electron chi connectivity index (χ1n) is 8.67. The van der Waals surface area contributed by atoms with Gasteiger partial charge in [0.1, 0.15) is 12.4 Å². The summed E-state index contributed by atoms with van der Waals surface area (Å²) in [5.74, 6) is -1.61. The Kier molecular flexibility index (Phi) is 5.70. The number of hydrogen-bond acceptors (Lipinski definition) is 3. The molecule has 27 heavy (non-hydrogen) atoms. The number of halogens is 3. The Balaban J connectivity index is 1.69. The van der Waals surface area contributed by atoms with E-state index in [2.05, 4.69) is 5.32 Å². The van der Waals surface area contributed by atoms with Crippen molar-refractivity contribution >= 4 is 5.97 Å². The molecule has 0 radical (unpaired) electrons. The van der Waals surface area contributed by atoms with Gasteiger partial charge in [0, 0.05) is 6.54 Å². The number of ether oxygens (including phenoxy) is 1. The lowest BCUT2D eigenvalue weighted by molar-refractivity contribution is -0.143. The van der Waals surface area contributed by atoms with Crippen molar-refractivity contribution in [2.45, 2.75) is 25.1 Å². The summed E-state index contributed by atoms with van der Waals surface area (Å²) in [6.07, 6.45) is -3.74. The maximum atomic E-state index is 13.0. The second kappa shape index (κ2) is 8.00. The van der Waals surface area contributed by atoms with Crippen LogP contribution in [0.3, 0.4) is 0 Å². The van der Waals surface area contributed by atoms with Gasteiger partial charge in [0.25, 0.3) is 0 Å². The van der Waals surface area contributed by atoms with Crippen molar-refractivity contribution in [1.29, 1.82) is 0 Å². The van der Waals surface area contributed by atoms with E-state index in [1.165, 1.54) is 18.2 Å². The normalized spacial score (nSPS) is 20.3. The molecule has 2 atom stereocenters. The Bertz CT molecular complexity index is 790. The van der Waals surface area contributed by atoms with Crippen molar-refractivity contribution in [3.8, 4) is 5.75 Å². The SMILES string of the molecule is O=C(O)C1CNCCC1c1ccc(COc2ccccc2C(F)(F)F)cc1. The van der Waals surface area contributed by atoms with E-state index < -0.39 is 23.6 Å². The van der Waals surface area contributed by atoms with Crippen LogP contribution in [0.15, 0.2) is 48.5 Å². The van der Waals surface area contributed by atoms with Gasteiger partial charge >= 0.3 is 12.1 Å². The highest BCUT2D eigenvalue weighted by Gasteiger charge is 2.34. The third-order valence-corrected chi connectivity index (χ3v) is 4.79. The summed E-state index contributed by atoms with van der Waals surface area (Å²) < 4.78 is 44.4. The molecule has 1 fully saturated rings. The quantitative estimate of drug-likeness (QED) is 0.823. The van der Waals surface area contributed by atoms with Crippen molar-refractivity contribution in [3.63, 3.8) is 0 Å². The van der Waals surface area contributed by atoms with Gasteiger partial charge in [-0.2, -0.15) is 13.2 Å². The number of carboxylic acid groups (broad SMARTS) is 1. The first kappa shape index (κ1) is 19.2. The molecule has 2 aromatic carbocycles. The van der Waals surface area contributed by atoms with Gasteiger partial charge in [0.15, 0.2) is 0 Å². The average Bonchev–Trinajstić information content (AvgIpc) is 2.66. The molecule has 1 heterocycles. The molecule has 2 N–H and O–H groups in total. The third kappa shape index (κ3) is 4.60. The van der Waals surface area contributed by atoms with E-state index in [0.717, 1.165) is 30.2 Å². The van der Waals surface area contributed by atoms with Crippen molar-refractivity contribution in [3.05, 3.63) is 65.2 Å². The summed E-state index contributed by atoms with van der Waals surface area (Å²) >= 11 is 0. The van der Waals surface area contributed by atoms with Gasteiger partial charge in [-0.05, 0) is 42.1 Å². The summed E-state index contributed by atoms with van der Waals surface area (Å²) in [7, 11) is 0. The largest absolute Gasteiger partial charge is 0.488 e. The van der Waals surface area contributed by atoms with E-state index in [9.17, 15) is 23.1 Å². The van der Waals surface area contributed by atoms with Crippen LogP contribution in [-0.2, 0) is 17.6 Å². The zero-order valence-corrected chi connectivity index (χ0v) is 14.5. The maximum absolute atomic E-state index is 13.0. The second-order valence-corrected chi connectivity index (χ2v) is 6.57. The van der Waals surface area contributed by atoms with Crippen LogP contribution in [0.1, 0.15) is 29.0 Å². The number of aliphatic carboxylic acids is 1. The molecule has 4 nitrogen and oxygen atoms in total. The minimum absolute atomic E-state index is 0.00194. The molecule has 3 rings (SSSR count). The van der Waals surface area contributed by atoms with Crippen molar-refractivity contribution in [2.24, 2.45) is 5.92 Å². The maximum Gasteiger partial charge on any atom is 0.419 e. The number of piperidine rings is 1. The molecule has 0 aliphatic carbocycles. The first-order chi connectivity index (χ1) is 12.9. The highest BCUT2D eigenvalue weighted by Crippen LogP contribution is 2.36. The van der Waals surface area contributed by atoms with Crippen molar-refractivity contribution in [1.82, 2.24) is 5.32 Å². The van der Waals surface area contributed by atoms with Gasteiger partial charge < -0.3 is 15.2 Å². The predicted molar refractivity (Wildman–Crippen MR) is 93.6 cm³/mol. The van der Waals surface area contributed by atoms with Gasteiger partial charge in [0.2, 0.25) is 0 Å². The summed E-state index contributed by atoms with van der Waals surface area (Å²) in [6.45, 7) is 1.19. The lowest BCUT2D eigenvalue weighted by Gasteiger charge is -2.29. The molecule has 2 unspecified atom stereocenters. The van der Waals surface area contributed by atoms with Crippen LogP contribution in [0.4, 0.5) is 13.2 Å². The summed E-state index contributed by atoms with van der Waals surface area (Å²) in [4.78, 5) is 11.4. The second-order valence-electron chi connectivity index (χ2n) is 6.57. The minimum atomic E-state index is -4.47. The van der Waals surface area contributed by atoms with E-state index in [-0.39, 0.29) is 18.3 Å². The fourth-order valence-electron chi connectivity index (χ4n) is 3.37. The monoisotopic (exact) mass is 379 g/mol. The molecule has 0 bridgehead atoms. The minimum Gasteiger partial charge on any atom is -0.488 e. The molecule has 1 saturated heterocycles. The molecule has 0 aromatic heterocycles. The van der Waals surface area contributed by atoms with Gasteiger partial charge in [-0.15, -0.1) is 0 Å². The molecule has 1 aliphatic heterocycles. The molecule has 0 saturated carbocycles. The molecular formula is C20H20F3NO3. The van der Waals surface area contributed by atoms with Crippen LogP contribution in [-0.4, -0.2) is 24.2 Å². The lowest BCUT2D eigenvalue weighted by Crippen LogP contribution is -2.39. The molecule has 7 heteroatoms. The molecule has 0 spiro atoms. The highest BCUT2D eigenvalue weighted by atomic mass is 19.4. The molecule has 2 aromatic rings. The standard InChI is InChI=1S/C20H20F3NO3/c21-20(22,23)17-3-1-2-4-18(17)27-12-13-5-7-14(8-6-13)15-9-10-24-11-16(15)19(25)26/h1-8,15-16,24H,9-12H2,(H,25,26). The van der Waals surface area contributed by atoms with Crippen LogP contribution < -0.4 is 10.1 Å². The predicted octanol–water partition coefficient (Wildman–Crippen LogP) is 4.06. The molecule has 0 amide bonds. The Hall–Kier alpha value is -2.54. The number of alkyl halides is 3. The lowest BCUT2D eigenvalue weighted by atomic mass is 9.81. The molecular weight excluding hydrogens is 359 g/mol. The summed E-state index contributed by atoms with van der Waals surface area (Å²) in [6, 6.07) is 12.3. The summed E-state index contributed by atoms with van der Waals surface area (Å²) in [5, 5.41) is 12.5. The number of rotatable bonds is 5. The topological polar surface area (TPSA) is 58.6 Å². The molecule has 144 valence electrons. The number of nitrogens with one attached hydrogen (secondary N) is 1. The number of carboxylic acids is 1. The third-order valence-electron chi connectivity index (χ3n) is 4.79. The zero-order valence-electron chi connectivity index (χ0n) is 14.5. The first-order valence-corrected chi connectivity index (χ1v) is 8.67. The van der Waals surface area contributed by atoms with Crippen LogP contribution in [0, 0.1) is 5.92 Å². The Morgan fingerprint density at radius 1 is 1.15 bits per heavy atom. The Morgan fingerprint density at radius 2 is 1.85 bits per heavy atom. The van der Waals surface area contributed by atoms with Gasteiger partial charge in [-0.25, -0.2) is 0 Å². The van der Waals surface area contributed by atoms with Gasteiger partial charge in [0.05, 0.1) is 11.5 Å². The van der Waals surface area contributed by atoms with Gasteiger partial charge in [-0.1, -0.05) is 36.4 Å². The summed E-state index contributed by atoms with van der Waals surface area (Å²) in [5.41, 5.74) is 0.834.